The maximum atomic E-state index is 5.44. The second-order valence-corrected chi connectivity index (χ2v) is 9.89. The van der Waals surface area contributed by atoms with Crippen LogP contribution in [0.1, 0.15) is 70.8 Å². The number of nitrogens with zero attached hydrogens (tertiary/aromatic N) is 1. The second-order valence-electron chi connectivity index (χ2n) is 9.89. The van der Waals surface area contributed by atoms with Gasteiger partial charge >= 0.3 is 0 Å². The molecule has 5 rings (SSSR count). The summed E-state index contributed by atoms with van der Waals surface area (Å²) < 4.78 is 5.44. The topological polar surface area (TPSA) is 22.1 Å². The van der Waals surface area contributed by atoms with Gasteiger partial charge in [0.25, 0.3) is 0 Å². The Morgan fingerprint density at radius 1 is 1.00 bits per heavy atom. The van der Waals surface area contributed by atoms with Crippen molar-refractivity contribution in [1.82, 2.24) is 4.98 Å². The van der Waals surface area contributed by atoms with Crippen LogP contribution in [0.15, 0.2) is 36.2 Å². The van der Waals surface area contributed by atoms with Crippen LogP contribution in [0, 0.1) is 28.6 Å². The van der Waals surface area contributed by atoms with Crippen LogP contribution in [0.25, 0.3) is 5.57 Å². The van der Waals surface area contributed by atoms with Gasteiger partial charge in [-0.1, -0.05) is 38.0 Å². The van der Waals surface area contributed by atoms with E-state index in [0.29, 0.717) is 10.8 Å². The fourth-order valence-electron chi connectivity index (χ4n) is 7.39. The Kier molecular flexibility index (Phi) is 4.04. The zero-order chi connectivity index (χ0) is 18.6. The molecule has 2 fully saturated rings. The van der Waals surface area contributed by atoms with Gasteiger partial charge in [-0.3, -0.25) is 4.98 Å². The van der Waals surface area contributed by atoms with Crippen molar-refractivity contribution in [1.29, 1.82) is 0 Å². The normalized spacial score (nSPS) is 40.3. The molecular formula is C25H33NO. The predicted octanol–water partition coefficient (Wildman–Crippen LogP) is 6.44. The van der Waals surface area contributed by atoms with E-state index in [0.717, 1.165) is 23.5 Å². The Balaban J connectivity index is 1.48. The minimum atomic E-state index is 0.297. The molecule has 0 bridgehead atoms. The molecule has 0 radical (unpaired) electrons. The smallest absolute Gasteiger partial charge is 0.137 e. The summed E-state index contributed by atoms with van der Waals surface area (Å²) >= 11 is 0. The van der Waals surface area contributed by atoms with Crippen LogP contribution < -0.4 is 4.74 Å². The first-order valence-corrected chi connectivity index (χ1v) is 11.0. The van der Waals surface area contributed by atoms with E-state index in [4.69, 9.17) is 4.74 Å². The highest BCUT2D eigenvalue weighted by molar-refractivity contribution is 5.73. The molecule has 5 atom stereocenters. The highest BCUT2D eigenvalue weighted by Gasteiger charge is 2.56. The van der Waals surface area contributed by atoms with E-state index >= 15 is 0 Å². The van der Waals surface area contributed by atoms with Gasteiger partial charge in [0.1, 0.15) is 5.75 Å². The number of hydrogen-bond acceptors (Lipinski definition) is 2. The molecule has 4 aliphatic rings. The summed E-state index contributed by atoms with van der Waals surface area (Å²) in [4.78, 5) is 4.44. The molecule has 0 amide bonds. The van der Waals surface area contributed by atoms with Gasteiger partial charge in [0.05, 0.1) is 13.3 Å². The van der Waals surface area contributed by atoms with Gasteiger partial charge in [-0.15, -0.1) is 0 Å². The Hall–Kier alpha value is -1.57. The molecule has 0 saturated heterocycles. The maximum absolute atomic E-state index is 5.44. The zero-order valence-corrected chi connectivity index (χ0v) is 17.1. The number of fused-ring (bicyclic) bond motifs is 5. The van der Waals surface area contributed by atoms with Crippen molar-refractivity contribution in [2.45, 2.75) is 65.2 Å². The average Bonchev–Trinajstić information content (AvgIpc) is 3.05. The van der Waals surface area contributed by atoms with Gasteiger partial charge in [-0.05, 0) is 90.7 Å². The molecule has 2 heteroatoms. The van der Waals surface area contributed by atoms with Crippen LogP contribution in [-0.2, 0) is 0 Å². The van der Waals surface area contributed by atoms with Gasteiger partial charge in [0, 0.05) is 6.20 Å². The molecule has 0 N–H and O–H groups in total. The van der Waals surface area contributed by atoms with Gasteiger partial charge in [0.2, 0.25) is 0 Å². The summed E-state index contributed by atoms with van der Waals surface area (Å²) in [5, 5.41) is 0. The number of pyridine rings is 1. The van der Waals surface area contributed by atoms with Crippen molar-refractivity contribution in [2.24, 2.45) is 28.6 Å². The van der Waals surface area contributed by atoms with Gasteiger partial charge < -0.3 is 4.74 Å². The van der Waals surface area contributed by atoms with Crippen molar-refractivity contribution in [3.63, 3.8) is 0 Å². The van der Waals surface area contributed by atoms with Gasteiger partial charge in [0.15, 0.2) is 0 Å². The minimum absolute atomic E-state index is 0.297. The van der Waals surface area contributed by atoms with Crippen LogP contribution in [0.2, 0.25) is 0 Å². The zero-order valence-electron chi connectivity index (χ0n) is 17.1. The molecule has 2 nitrogen and oxygen atoms in total. The lowest BCUT2D eigenvalue weighted by atomic mass is 9.47. The standard InChI is InChI=1S/C25H33NO/c1-24-12-5-4-6-18(24)7-8-20-22-10-9-21(25(22,2)13-11-23(20)24)17-14-19(27-3)16-26-15-17/h7,9,14-16,20,22-23H,4-6,8,10-13H2,1-3H3/t20-,22-,23-,24-,25+/m0/s1. The van der Waals surface area contributed by atoms with Crippen molar-refractivity contribution < 1.29 is 4.74 Å². The van der Waals surface area contributed by atoms with Gasteiger partial charge in [-0.25, -0.2) is 0 Å². The quantitative estimate of drug-likeness (QED) is 0.564. The molecule has 0 unspecified atom stereocenters. The first kappa shape index (κ1) is 17.5. The Morgan fingerprint density at radius 2 is 1.89 bits per heavy atom. The Bertz CT molecular complexity index is 808. The number of ether oxygens (including phenoxy) is 1. The van der Waals surface area contributed by atoms with E-state index in [1.54, 1.807) is 7.11 Å². The third-order valence-electron chi connectivity index (χ3n) is 8.86. The number of aromatic nitrogens is 1. The molecule has 1 heterocycles. The van der Waals surface area contributed by atoms with Crippen LogP contribution >= 0.6 is 0 Å². The number of allylic oxidation sites excluding steroid dienone is 4. The fraction of sp³-hybridized carbons (Fsp3) is 0.640. The molecule has 144 valence electrons. The maximum Gasteiger partial charge on any atom is 0.137 e. The van der Waals surface area contributed by atoms with E-state index in [-0.39, 0.29) is 0 Å². The third kappa shape index (κ3) is 2.48. The van der Waals surface area contributed by atoms with Gasteiger partial charge in [-0.2, -0.15) is 0 Å². The number of methoxy groups -OCH3 is 1. The SMILES string of the molecule is COc1cncc(C2=CC[C@H]3[C@@H]4CC=C5CCCC[C@]5(C)[C@H]4CC[C@]23C)c1. The van der Waals surface area contributed by atoms with E-state index in [9.17, 15) is 0 Å². The summed E-state index contributed by atoms with van der Waals surface area (Å²) in [5.41, 5.74) is 5.39. The van der Waals surface area contributed by atoms with Crippen molar-refractivity contribution in [3.05, 3.63) is 41.7 Å². The lowest BCUT2D eigenvalue weighted by Crippen LogP contribution is -2.48. The number of rotatable bonds is 2. The van der Waals surface area contributed by atoms with E-state index < -0.39 is 0 Å². The first-order valence-electron chi connectivity index (χ1n) is 11.0. The molecular weight excluding hydrogens is 330 g/mol. The van der Waals surface area contributed by atoms with Crippen LogP contribution in [0.4, 0.5) is 0 Å². The molecule has 27 heavy (non-hydrogen) atoms. The molecule has 0 aromatic carbocycles. The Morgan fingerprint density at radius 3 is 2.74 bits per heavy atom. The molecule has 0 aliphatic heterocycles. The van der Waals surface area contributed by atoms with Crippen LogP contribution in [-0.4, -0.2) is 12.1 Å². The molecule has 0 spiro atoms. The van der Waals surface area contributed by atoms with Crippen molar-refractivity contribution in [2.75, 3.05) is 7.11 Å². The van der Waals surface area contributed by atoms with Crippen molar-refractivity contribution in [3.8, 4) is 5.75 Å². The lowest BCUT2D eigenvalue weighted by Gasteiger charge is -2.57. The lowest BCUT2D eigenvalue weighted by molar-refractivity contribution is -0.00980. The fourth-order valence-corrected chi connectivity index (χ4v) is 7.39. The summed E-state index contributed by atoms with van der Waals surface area (Å²) in [6.07, 6.45) is 19.9. The minimum Gasteiger partial charge on any atom is -0.495 e. The largest absolute Gasteiger partial charge is 0.495 e. The second kappa shape index (κ2) is 6.22. The summed E-state index contributed by atoms with van der Waals surface area (Å²) in [6, 6.07) is 2.18. The third-order valence-corrected chi connectivity index (χ3v) is 8.86. The first-order chi connectivity index (χ1) is 13.1. The number of hydrogen-bond donors (Lipinski definition) is 0. The van der Waals surface area contributed by atoms with Crippen LogP contribution in [0.5, 0.6) is 5.75 Å². The summed E-state index contributed by atoms with van der Waals surface area (Å²) in [5.74, 6) is 3.40. The van der Waals surface area contributed by atoms with E-state index in [2.05, 4.69) is 37.0 Å². The predicted molar refractivity (Wildman–Crippen MR) is 110 cm³/mol. The highest BCUT2D eigenvalue weighted by Crippen LogP contribution is 2.66. The monoisotopic (exact) mass is 363 g/mol. The highest BCUT2D eigenvalue weighted by atomic mass is 16.5. The Labute approximate surface area is 164 Å². The van der Waals surface area contributed by atoms with E-state index in [1.807, 2.05) is 18.0 Å². The van der Waals surface area contributed by atoms with E-state index in [1.165, 1.54) is 62.5 Å². The average molecular weight is 364 g/mol. The molecule has 1 aromatic heterocycles. The van der Waals surface area contributed by atoms with Crippen LogP contribution in [0.3, 0.4) is 0 Å². The molecule has 4 aliphatic carbocycles. The van der Waals surface area contributed by atoms with Crippen molar-refractivity contribution >= 4 is 5.57 Å². The molecule has 2 saturated carbocycles. The summed E-state index contributed by atoms with van der Waals surface area (Å²) in [6.45, 7) is 5.14. The summed E-state index contributed by atoms with van der Waals surface area (Å²) in [7, 11) is 1.73. The molecule has 1 aromatic rings.